The van der Waals surface area contributed by atoms with Crippen molar-refractivity contribution in [2.75, 3.05) is 7.11 Å². The van der Waals surface area contributed by atoms with E-state index in [4.69, 9.17) is 4.74 Å². The summed E-state index contributed by atoms with van der Waals surface area (Å²) in [6.45, 7) is 5.64. The summed E-state index contributed by atoms with van der Waals surface area (Å²) in [4.78, 5) is 0. The van der Waals surface area contributed by atoms with Gasteiger partial charge in [0, 0.05) is 0 Å². The minimum atomic E-state index is -0.807. The highest BCUT2D eigenvalue weighted by molar-refractivity contribution is 5.36. The number of hydrogen-bond acceptors (Lipinski definition) is 2. The lowest BCUT2D eigenvalue weighted by molar-refractivity contribution is 0.0782. The van der Waals surface area contributed by atoms with Crippen molar-refractivity contribution in [2.24, 2.45) is 0 Å². The Balaban J connectivity index is 3.17. The van der Waals surface area contributed by atoms with E-state index in [1.165, 1.54) is 5.56 Å². The van der Waals surface area contributed by atoms with E-state index in [0.29, 0.717) is 0 Å². The average molecular weight is 194 g/mol. The highest BCUT2D eigenvalue weighted by Crippen LogP contribution is 2.26. The van der Waals surface area contributed by atoms with Gasteiger partial charge in [0.1, 0.15) is 5.75 Å². The van der Waals surface area contributed by atoms with Gasteiger partial charge in [-0.3, -0.25) is 0 Å². The molecular formula is C12H18O2. The summed E-state index contributed by atoms with van der Waals surface area (Å²) in [5.41, 5.74) is 1.27. The van der Waals surface area contributed by atoms with Crippen molar-refractivity contribution in [3.05, 3.63) is 29.3 Å². The molecule has 0 heterocycles. The standard InChI is InChI=1S/C12H18O2/c1-5-9-6-10(12(2,3)13)8-11(7-9)14-4/h6-8,13H,5H2,1-4H3. The van der Waals surface area contributed by atoms with Crippen LogP contribution in [-0.4, -0.2) is 12.2 Å². The quantitative estimate of drug-likeness (QED) is 0.801. The maximum atomic E-state index is 9.87. The third kappa shape index (κ3) is 2.48. The number of aliphatic hydroxyl groups is 1. The second kappa shape index (κ2) is 4.01. The Morgan fingerprint density at radius 1 is 1.29 bits per heavy atom. The molecule has 1 aromatic carbocycles. The lowest BCUT2D eigenvalue weighted by atomic mass is 9.95. The van der Waals surface area contributed by atoms with Crippen LogP contribution in [-0.2, 0) is 12.0 Å². The van der Waals surface area contributed by atoms with Crippen LogP contribution in [0, 0.1) is 0 Å². The van der Waals surface area contributed by atoms with Gasteiger partial charge in [0.15, 0.2) is 0 Å². The molecule has 0 bridgehead atoms. The minimum Gasteiger partial charge on any atom is -0.497 e. The molecule has 0 aromatic heterocycles. The van der Waals surface area contributed by atoms with Crippen LogP contribution in [0.1, 0.15) is 31.9 Å². The highest BCUT2D eigenvalue weighted by atomic mass is 16.5. The number of rotatable bonds is 3. The van der Waals surface area contributed by atoms with Gasteiger partial charge in [-0.1, -0.05) is 13.0 Å². The smallest absolute Gasteiger partial charge is 0.119 e. The van der Waals surface area contributed by atoms with E-state index in [-0.39, 0.29) is 0 Å². The molecule has 1 rings (SSSR count). The molecule has 78 valence electrons. The molecule has 0 spiro atoms. The van der Waals surface area contributed by atoms with E-state index in [0.717, 1.165) is 17.7 Å². The molecule has 0 fully saturated rings. The molecule has 0 saturated carbocycles. The van der Waals surface area contributed by atoms with E-state index in [2.05, 4.69) is 6.92 Å². The maximum absolute atomic E-state index is 9.87. The highest BCUT2D eigenvalue weighted by Gasteiger charge is 2.17. The monoisotopic (exact) mass is 194 g/mol. The molecule has 2 heteroatoms. The number of methoxy groups -OCH3 is 1. The van der Waals surface area contributed by atoms with E-state index in [1.54, 1.807) is 21.0 Å². The molecule has 0 aliphatic heterocycles. The van der Waals surface area contributed by atoms with Crippen molar-refractivity contribution >= 4 is 0 Å². The minimum absolute atomic E-state index is 0.807. The molecule has 0 unspecified atom stereocenters. The Bertz CT molecular complexity index is 288. The summed E-state index contributed by atoms with van der Waals surface area (Å²) < 4.78 is 5.18. The topological polar surface area (TPSA) is 29.5 Å². The Morgan fingerprint density at radius 2 is 1.93 bits per heavy atom. The fraction of sp³-hybridized carbons (Fsp3) is 0.500. The zero-order valence-electron chi connectivity index (χ0n) is 9.29. The van der Waals surface area contributed by atoms with Gasteiger partial charge in [-0.05, 0) is 43.5 Å². The molecule has 0 atom stereocenters. The van der Waals surface area contributed by atoms with Crippen molar-refractivity contribution in [3.8, 4) is 5.75 Å². The van der Waals surface area contributed by atoms with Crippen LogP contribution in [0.15, 0.2) is 18.2 Å². The van der Waals surface area contributed by atoms with Crippen LogP contribution in [0.4, 0.5) is 0 Å². The fourth-order valence-electron chi connectivity index (χ4n) is 1.34. The molecule has 0 aliphatic carbocycles. The van der Waals surface area contributed by atoms with Crippen LogP contribution >= 0.6 is 0 Å². The number of benzene rings is 1. The first-order valence-corrected chi connectivity index (χ1v) is 4.88. The zero-order chi connectivity index (χ0) is 10.8. The molecule has 0 saturated heterocycles. The first-order valence-electron chi connectivity index (χ1n) is 4.88. The maximum Gasteiger partial charge on any atom is 0.119 e. The molecule has 0 aliphatic rings. The largest absolute Gasteiger partial charge is 0.497 e. The van der Waals surface area contributed by atoms with Crippen molar-refractivity contribution in [1.82, 2.24) is 0 Å². The normalized spacial score (nSPS) is 11.5. The predicted molar refractivity (Wildman–Crippen MR) is 57.6 cm³/mol. The van der Waals surface area contributed by atoms with E-state index >= 15 is 0 Å². The van der Waals surface area contributed by atoms with E-state index in [9.17, 15) is 5.11 Å². The van der Waals surface area contributed by atoms with Gasteiger partial charge in [0.2, 0.25) is 0 Å². The molecule has 0 radical (unpaired) electrons. The second-order valence-corrected chi connectivity index (χ2v) is 3.98. The number of aryl methyl sites for hydroxylation is 1. The average Bonchev–Trinajstić information content (AvgIpc) is 2.15. The van der Waals surface area contributed by atoms with Gasteiger partial charge >= 0.3 is 0 Å². The molecule has 1 aromatic rings. The summed E-state index contributed by atoms with van der Waals surface area (Å²) in [5.74, 6) is 0.807. The van der Waals surface area contributed by atoms with Crippen LogP contribution < -0.4 is 4.74 Å². The molecule has 0 amide bonds. The van der Waals surface area contributed by atoms with Crippen molar-refractivity contribution in [1.29, 1.82) is 0 Å². The third-order valence-electron chi connectivity index (χ3n) is 2.32. The molecule has 14 heavy (non-hydrogen) atoms. The van der Waals surface area contributed by atoms with Crippen molar-refractivity contribution < 1.29 is 9.84 Å². The molecule has 2 nitrogen and oxygen atoms in total. The predicted octanol–water partition coefficient (Wildman–Crippen LogP) is 2.49. The lowest BCUT2D eigenvalue weighted by Crippen LogP contribution is -2.15. The summed E-state index contributed by atoms with van der Waals surface area (Å²) in [6, 6.07) is 5.89. The number of ether oxygens (including phenoxy) is 1. The van der Waals surface area contributed by atoms with E-state index in [1.807, 2.05) is 18.2 Å². The van der Waals surface area contributed by atoms with Crippen LogP contribution in [0.5, 0.6) is 5.75 Å². The number of hydrogen-bond donors (Lipinski definition) is 1. The lowest BCUT2D eigenvalue weighted by Gasteiger charge is -2.19. The van der Waals surface area contributed by atoms with Crippen LogP contribution in [0.25, 0.3) is 0 Å². The van der Waals surface area contributed by atoms with Crippen LogP contribution in [0.2, 0.25) is 0 Å². The summed E-state index contributed by atoms with van der Waals surface area (Å²) >= 11 is 0. The van der Waals surface area contributed by atoms with Gasteiger partial charge in [-0.15, -0.1) is 0 Å². The Labute approximate surface area is 85.5 Å². The van der Waals surface area contributed by atoms with E-state index < -0.39 is 5.60 Å². The third-order valence-corrected chi connectivity index (χ3v) is 2.32. The Kier molecular flexibility index (Phi) is 3.17. The molecular weight excluding hydrogens is 176 g/mol. The zero-order valence-corrected chi connectivity index (χ0v) is 9.29. The van der Waals surface area contributed by atoms with Gasteiger partial charge in [-0.2, -0.15) is 0 Å². The van der Waals surface area contributed by atoms with Gasteiger partial charge in [0.05, 0.1) is 12.7 Å². The van der Waals surface area contributed by atoms with Gasteiger partial charge in [-0.25, -0.2) is 0 Å². The van der Waals surface area contributed by atoms with Gasteiger partial charge in [0.25, 0.3) is 0 Å². The summed E-state index contributed by atoms with van der Waals surface area (Å²) in [6.07, 6.45) is 0.945. The van der Waals surface area contributed by atoms with Gasteiger partial charge < -0.3 is 9.84 Å². The second-order valence-electron chi connectivity index (χ2n) is 3.98. The molecule has 1 N–H and O–H groups in total. The SMILES string of the molecule is CCc1cc(OC)cc(C(C)(C)O)c1. The first-order chi connectivity index (χ1) is 6.47. The summed E-state index contributed by atoms with van der Waals surface area (Å²) in [7, 11) is 1.64. The van der Waals surface area contributed by atoms with Crippen molar-refractivity contribution in [2.45, 2.75) is 32.8 Å². The van der Waals surface area contributed by atoms with Crippen LogP contribution in [0.3, 0.4) is 0 Å². The first kappa shape index (κ1) is 11.1. The van der Waals surface area contributed by atoms with Crippen molar-refractivity contribution in [3.63, 3.8) is 0 Å². The fourth-order valence-corrected chi connectivity index (χ4v) is 1.34. The summed E-state index contributed by atoms with van der Waals surface area (Å²) in [5, 5.41) is 9.87. The Morgan fingerprint density at radius 3 is 2.36 bits per heavy atom. The Hall–Kier alpha value is -1.02.